The van der Waals surface area contributed by atoms with Crippen LogP contribution in [0.2, 0.25) is 10.0 Å². The summed E-state index contributed by atoms with van der Waals surface area (Å²) in [6.45, 7) is 8.03. The van der Waals surface area contributed by atoms with Gasteiger partial charge in [0.2, 0.25) is 0 Å². The SMILES string of the molecule is CC(C)(C)c1ccc(OCCCn2c(-c3ccc(Cl)cc3Cl)nc3ccccc32)cc1. The summed E-state index contributed by atoms with van der Waals surface area (Å²) in [6, 6.07) is 22.0. The van der Waals surface area contributed by atoms with Crippen molar-refractivity contribution < 1.29 is 4.74 Å². The van der Waals surface area contributed by atoms with E-state index >= 15 is 0 Å². The average molecular weight is 453 g/mol. The number of hydrogen-bond acceptors (Lipinski definition) is 2. The first kappa shape index (κ1) is 21.7. The molecule has 3 aromatic carbocycles. The van der Waals surface area contributed by atoms with E-state index in [0.717, 1.165) is 41.1 Å². The first-order chi connectivity index (χ1) is 14.8. The second-order valence-electron chi connectivity index (χ2n) is 8.68. The summed E-state index contributed by atoms with van der Waals surface area (Å²) in [5, 5.41) is 1.21. The quantitative estimate of drug-likeness (QED) is 0.279. The van der Waals surface area contributed by atoms with Gasteiger partial charge in [-0.15, -0.1) is 0 Å². The van der Waals surface area contributed by atoms with Crippen molar-refractivity contribution in [2.24, 2.45) is 0 Å². The number of ether oxygens (including phenoxy) is 1. The van der Waals surface area contributed by atoms with E-state index in [-0.39, 0.29) is 5.41 Å². The molecule has 0 saturated carbocycles. The molecule has 0 aliphatic carbocycles. The normalized spacial score (nSPS) is 11.8. The number of hydrogen-bond donors (Lipinski definition) is 0. The molecule has 0 radical (unpaired) electrons. The molecule has 0 unspecified atom stereocenters. The number of para-hydroxylation sites is 2. The van der Waals surface area contributed by atoms with Crippen molar-refractivity contribution in [3.8, 4) is 17.1 Å². The summed E-state index contributed by atoms with van der Waals surface area (Å²) in [5.41, 5.74) is 4.34. The zero-order valence-electron chi connectivity index (χ0n) is 18.0. The lowest BCUT2D eigenvalue weighted by molar-refractivity contribution is 0.302. The van der Waals surface area contributed by atoms with Gasteiger partial charge in [0.25, 0.3) is 0 Å². The molecule has 5 heteroatoms. The first-order valence-electron chi connectivity index (χ1n) is 10.5. The fourth-order valence-electron chi connectivity index (χ4n) is 3.64. The molecule has 0 spiro atoms. The Morgan fingerprint density at radius 1 is 0.935 bits per heavy atom. The lowest BCUT2D eigenvalue weighted by Crippen LogP contribution is -2.10. The molecule has 1 heterocycles. The Hall–Kier alpha value is -2.49. The van der Waals surface area contributed by atoms with E-state index in [0.29, 0.717) is 16.7 Å². The van der Waals surface area contributed by atoms with Gasteiger partial charge in [0.1, 0.15) is 11.6 Å². The third kappa shape index (κ3) is 4.89. The maximum atomic E-state index is 6.49. The fraction of sp³-hybridized carbons (Fsp3) is 0.269. The Morgan fingerprint density at radius 3 is 2.39 bits per heavy atom. The van der Waals surface area contributed by atoms with Crippen molar-refractivity contribution >= 4 is 34.2 Å². The van der Waals surface area contributed by atoms with Gasteiger partial charge < -0.3 is 9.30 Å². The van der Waals surface area contributed by atoms with Crippen molar-refractivity contribution in [1.82, 2.24) is 9.55 Å². The highest BCUT2D eigenvalue weighted by molar-refractivity contribution is 6.36. The maximum absolute atomic E-state index is 6.49. The van der Waals surface area contributed by atoms with Crippen LogP contribution in [-0.4, -0.2) is 16.2 Å². The minimum Gasteiger partial charge on any atom is -0.494 e. The maximum Gasteiger partial charge on any atom is 0.142 e. The molecule has 0 amide bonds. The van der Waals surface area contributed by atoms with Gasteiger partial charge in [0.15, 0.2) is 0 Å². The molecule has 0 atom stereocenters. The zero-order valence-corrected chi connectivity index (χ0v) is 19.5. The topological polar surface area (TPSA) is 27.1 Å². The summed E-state index contributed by atoms with van der Waals surface area (Å²) >= 11 is 12.6. The van der Waals surface area contributed by atoms with E-state index in [1.165, 1.54) is 5.56 Å². The summed E-state index contributed by atoms with van der Waals surface area (Å²) < 4.78 is 8.20. The molecule has 160 valence electrons. The number of benzene rings is 3. The molecule has 0 aliphatic heterocycles. The summed E-state index contributed by atoms with van der Waals surface area (Å²) in [6.07, 6.45) is 0.847. The molecule has 0 aliphatic rings. The third-order valence-electron chi connectivity index (χ3n) is 5.34. The van der Waals surface area contributed by atoms with Crippen LogP contribution in [0.4, 0.5) is 0 Å². The second-order valence-corrected chi connectivity index (χ2v) is 9.52. The van der Waals surface area contributed by atoms with Crippen LogP contribution in [0.15, 0.2) is 66.7 Å². The highest BCUT2D eigenvalue weighted by Crippen LogP contribution is 2.32. The number of rotatable bonds is 6. The summed E-state index contributed by atoms with van der Waals surface area (Å²) in [7, 11) is 0. The average Bonchev–Trinajstić information content (AvgIpc) is 3.09. The number of nitrogens with zero attached hydrogens (tertiary/aromatic N) is 2. The van der Waals surface area contributed by atoms with Crippen LogP contribution >= 0.6 is 23.2 Å². The van der Waals surface area contributed by atoms with Crippen LogP contribution in [0.5, 0.6) is 5.75 Å². The smallest absolute Gasteiger partial charge is 0.142 e. The van der Waals surface area contributed by atoms with Crippen molar-refractivity contribution in [3.05, 3.63) is 82.3 Å². The zero-order chi connectivity index (χ0) is 22.0. The molecule has 3 nitrogen and oxygen atoms in total. The van der Waals surface area contributed by atoms with E-state index in [2.05, 4.69) is 43.5 Å². The lowest BCUT2D eigenvalue weighted by Gasteiger charge is -2.19. The molecule has 0 bridgehead atoms. The molecule has 0 N–H and O–H groups in total. The minimum absolute atomic E-state index is 0.139. The van der Waals surface area contributed by atoms with E-state index in [1.54, 1.807) is 6.07 Å². The number of aromatic nitrogens is 2. The van der Waals surface area contributed by atoms with Gasteiger partial charge in [-0.05, 0) is 59.9 Å². The van der Waals surface area contributed by atoms with Gasteiger partial charge in [-0.2, -0.15) is 0 Å². The first-order valence-corrected chi connectivity index (χ1v) is 11.2. The molecular formula is C26H26Cl2N2O. The van der Waals surface area contributed by atoms with Crippen LogP contribution in [0, 0.1) is 0 Å². The predicted molar refractivity (Wildman–Crippen MR) is 130 cm³/mol. The summed E-state index contributed by atoms with van der Waals surface area (Å²) in [4.78, 5) is 4.84. The number of halogens is 2. The molecule has 1 aromatic heterocycles. The minimum atomic E-state index is 0.139. The van der Waals surface area contributed by atoms with E-state index in [9.17, 15) is 0 Å². The Kier molecular flexibility index (Phi) is 6.27. The van der Waals surface area contributed by atoms with Crippen LogP contribution in [0.1, 0.15) is 32.8 Å². The number of imidazole rings is 1. The Labute approximate surface area is 193 Å². The van der Waals surface area contributed by atoms with Crippen LogP contribution in [-0.2, 0) is 12.0 Å². The van der Waals surface area contributed by atoms with E-state index in [4.69, 9.17) is 32.9 Å². The largest absolute Gasteiger partial charge is 0.494 e. The highest BCUT2D eigenvalue weighted by Gasteiger charge is 2.16. The van der Waals surface area contributed by atoms with Crippen molar-refractivity contribution in [2.75, 3.05) is 6.61 Å². The Bertz CT molecular complexity index is 1190. The van der Waals surface area contributed by atoms with Crippen LogP contribution in [0.3, 0.4) is 0 Å². The standard InChI is InChI=1S/C26H26Cl2N2O/c1-26(2,3)18-9-12-20(13-10-18)31-16-6-15-30-24-8-5-4-7-23(24)29-25(30)21-14-11-19(27)17-22(21)28/h4-5,7-14,17H,6,15-16H2,1-3H3. The Balaban J connectivity index is 1.50. The summed E-state index contributed by atoms with van der Waals surface area (Å²) in [5.74, 6) is 1.74. The molecule has 4 aromatic rings. The van der Waals surface area contributed by atoms with Crippen molar-refractivity contribution in [3.63, 3.8) is 0 Å². The fourth-order valence-corrected chi connectivity index (χ4v) is 4.14. The molecule has 0 saturated heterocycles. The molecule has 0 fully saturated rings. The predicted octanol–water partition coefficient (Wildman–Crippen LogP) is 7.78. The second kappa shape index (κ2) is 8.94. The van der Waals surface area contributed by atoms with Gasteiger partial charge in [-0.1, -0.05) is 68.2 Å². The number of fused-ring (bicyclic) bond motifs is 1. The van der Waals surface area contributed by atoms with Crippen LogP contribution in [0.25, 0.3) is 22.4 Å². The van der Waals surface area contributed by atoms with Gasteiger partial charge >= 0.3 is 0 Å². The van der Waals surface area contributed by atoms with Gasteiger partial charge in [-0.25, -0.2) is 4.98 Å². The van der Waals surface area contributed by atoms with Crippen LogP contribution < -0.4 is 4.74 Å². The van der Waals surface area contributed by atoms with E-state index < -0.39 is 0 Å². The van der Waals surface area contributed by atoms with E-state index in [1.807, 2.05) is 42.5 Å². The number of aryl methyl sites for hydroxylation is 1. The molecular weight excluding hydrogens is 427 g/mol. The van der Waals surface area contributed by atoms with Gasteiger partial charge in [0, 0.05) is 17.1 Å². The lowest BCUT2D eigenvalue weighted by atomic mass is 9.87. The van der Waals surface area contributed by atoms with Crippen molar-refractivity contribution in [1.29, 1.82) is 0 Å². The Morgan fingerprint density at radius 2 is 1.68 bits per heavy atom. The highest BCUT2D eigenvalue weighted by atomic mass is 35.5. The monoisotopic (exact) mass is 452 g/mol. The van der Waals surface area contributed by atoms with Gasteiger partial charge in [-0.3, -0.25) is 0 Å². The molecule has 4 rings (SSSR count). The van der Waals surface area contributed by atoms with Crippen molar-refractivity contribution in [2.45, 2.75) is 39.2 Å². The molecule has 31 heavy (non-hydrogen) atoms. The third-order valence-corrected chi connectivity index (χ3v) is 5.89. The van der Waals surface area contributed by atoms with Gasteiger partial charge in [0.05, 0.1) is 22.7 Å².